The van der Waals surface area contributed by atoms with Crippen molar-refractivity contribution < 1.29 is 29.0 Å². The normalized spacial score (nSPS) is 21.3. The second-order valence-electron chi connectivity index (χ2n) is 2.45. The summed E-state index contributed by atoms with van der Waals surface area (Å²) in [7, 11) is 0. The maximum atomic E-state index is 9.12. The summed E-state index contributed by atoms with van der Waals surface area (Å²) in [6, 6.07) is 0. The van der Waals surface area contributed by atoms with Crippen molar-refractivity contribution in [2.45, 2.75) is 24.4 Å². The first-order chi connectivity index (χ1) is 6.04. The Bertz CT molecular complexity index is 163. The molecule has 0 saturated heterocycles. The zero-order valence-corrected chi connectivity index (χ0v) is 8.36. The Hall–Kier alpha value is -0.0105. The van der Waals surface area contributed by atoms with Crippen LogP contribution >= 0.6 is 0 Å². The molecule has 0 unspecified atom stereocenters. The number of hydrogen-bond acceptors (Lipinski definition) is 5. The summed E-state index contributed by atoms with van der Waals surface area (Å²) in [5.74, 6) is 0. The van der Waals surface area contributed by atoms with Crippen molar-refractivity contribution in [1.29, 1.82) is 0 Å². The van der Waals surface area contributed by atoms with Crippen LogP contribution in [0, 0.1) is 0 Å². The summed E-state index contributed by atoms with van der Waals surface area (Å²) in [5, 5.41) is 44.5. The Balaban J connectivity index is 4.15. The Morgan fingerprint density at radius 1 is 1.15 bits per heavy atom. The van der Waals surface area contributed by atoms with Crippen LogP contribution in [0.25, 0.3) is 0 Å². The number of aliphatic hydroxyl groups is 5. The first kappa shape index (κ1) is 13.0. The number of aldehydes is 1. The quantitative estimate of drug-likeness (QED) is 0.198. The molecular weight excluding hydrogens is 247 g/mol. The van der Waals surface area contributed by atoms with Gasteiger partial charge in [-0.2, -0.15) is 0 Å². The standard InChI is InChI=1S/C6H12O6Se/c7-1-3(8)5(10)6(11)4(9)2-12-13/h2-11H,1H2/t3-,4+,5+,6-/m1/s1. The molecule has 0 radical (unpaired) electrons. The topological polar surface area (TPSA) is 112 Å². The Kier molecular flexibility index (Phi) is 6.44. The molecule has 0 aliphatic rings. The van der Waals surface area contributed by atoms with E-state index in [4.69, 9.17) is 25.5 Å². The number of rotatable bonds is 5. The van der Waals surface area contributed by atoms with Crippen LogP contribution in [0.2, 0.25) is 0 Å². The molecule has 0 aromatic heterocycles. The molecule has 4 atom stereocenters. The zero-order chi connectivity index (χ0) is 10.4. The molecule has 0 rings (SSSR count). The van der Waals surface area contributed by atoms with Gasteiger partial charge in [0.2, 0.25) is 0 Å². The van der Waals surface area contributed by atoms with Crippen LogP contribution in [0.3, 0.4) is 0 Å². The average Bonchev–Trinajstić information content (AvgIpc) is 2.14. The molecule has 0 aliphatic heterocycles. The van der Waals surface area contributed by atoms with Crippen molar-refractivity contribution in [2.75, 3.05) is 6.61 Å². The van der Waals surface area contributed by atoms with Crippen LogP contribution in [0.5, 0.6) is 0 Å². The van der Waals surface area contributed by atoms with Gasteiger partial charge in [0.05, 0.1) is 0 Å². The average molecular weight is 259 g/mol. The Morgan fingerprint density at radius 2 is 1.69 bits per heavy atom. The zero-order valence-electron chi connectivity index (χ0n) is 6.65. The van der Waals surface area contributed by atoms with Gasteiger partial charge in [0.25, 0.3) is 0 Å². The van der Waals surface area contributed by atoms with Crippen molar-refractivity contribution in [3.8, 4) is 0 Å². The van der Waals surface area contributed by atoms with Crippen LogP contribution in [0.15, 0.2) is 0 Å². The Labute approximate surface area is 83.3 Å². The molecule has 0 bridgehead atoms. The van der Waals surface area contributed by atoms with Gasteiger partial charge < -0.3 is 0 Å². The van der Waals surface area contributed by atoms with E-state index in [0.717, 1.165) is 6.29 Å². The van der Waals surface area contributed by atoms with Gasteiger partial charge in [0, 0.05) is 0 Å². The Morgan fingerprint density at radius 3 is 2.08 bits per heavy atom. The molecule has 13 heavy (non-hydrogen) atoms. The fourth-order valence-corrected chi connectivity index (χ4v) is 0.914. The van der Waals surface area contributed by atoms with E-state index in [-0.39, 0.29) is 0 Å². The van der Waals surface area contributed by atoms with Gasteiger partial charge in [0.1, 0.15) is 0 Å². The SMILES string of the molecule is OC[C@@H](O)[C@H](O)[C@H](O)[C@@H](O)C=[O+][Se-]. The number of hydrogen-bond donors (Lipinski definition) is 5. The van der Waals surface area contributed by atoms with Gasteiger partial charge in [-0.05, 0) is 0 Å². The summed E-state index contributed by atoms with van der Waals surface area (Å²) in [6.45, 7) is -0.704. The van der Waals surface area contributed by atoms with Gasteiger partial charge >= 0.3 is 82.7 Å². The molecule has 78 valence electrons. The van der Waals surface area contributed by atoms with E-state index in [1.165, 1.54) is 0 Å². The molecule has 6 nitrogen and oxygen atoms in total. The van der Waals surface area contributed by atoms with Gasteiger partial charge in [-0.15, -0.1) is 0 Å². The van der Waals surface area contributed by atoms with Gasteiger partial charge in [0.15, 0.2) is 0 Å². The van der Waals surface area contributed by atoms with E-state index >= 15 is 0 Å². The fourth-order valence-electron chi connectivity index (χ4n) is 0.675. The molecule has 0 saturated carbocycles. The van der Waals surface area contributed by atoms with Gasteiger partial charge in [-0.3, -0.25) is 0 Å². The predicted molar refractivity (Wildman–Crippen MR) is 42.9 cm³/mol. The molecule has 7 heteroatoms. The first-order valence-corrected chi connectivity index (χ1v) is 4.19. The molecule has 0 aromatic rings. The second-order valence-corrected chi connectivity index (χ2v) is 2.86. The monoisotopic (exact) mass is 260 g/mol. The summed E-state index contributed by atoms with van der Waals surface area (Å²) in [6.07, 6.45) is -5.35. The van der Waals surface area contributed by atoms with Crippen LogP contribution in [0.4, 0.5) is 0 Å². The van der Waals surface area contributed by atoms with E-state index in [1.54, 1.807) is 0 Å². The molecular formula is C6H12O6Se. The summed E-state index contributed by atoms with van der Waals surface area (Å²) in [5.41, 5.74) is 0. The third-order valence-corrected chi connectivity index (χ3v) is 1.71. The van der Waals surface area contributed by atoms with E-state index in [0.29, 0.717) is 0 Å². The number of carbonyl (C=O) groups excluding carboxylic acids is 1. The van der Waals surface area contributed by atoms with Crippen molar-refractivity contribution in [3.63, 3.8) is 0 Å². The second kappa shape index (κ2) is 6.44. The van der Waals surface area contributed by atoms with Crippen molar-refractivity contribution in [2.24, 2.45) is 0 Å². The third-order valence-electron chi connectivity index (χ3n) is 1.48. The molecule has 0 amide bonds. The van der Waals surface area contributed by atoms with Crippen molar-refractivity contribution >= 4 is 22.6 Å². The van der Waals surface area contributed by atoms with Crippen LogP contribution in [0.1, 0.15) is 0 Å². The van der Waals surface area contributed by atoms with E-state index in [2.05, 4.69) is 19.8 Å². The van der Waals surface area contributed by atoms with E-state index < -0.39 is 31.0 Å². The summed E-state index contributed by atoms with van der Waals surface area (Å²) < 4.78 is 4.27. The fraction of sp³-hybridized carbons (Fsp3) is 0.833. The number of aliphatic hydroxyl groups excluding tert-OH is 5. The summed E-state index contributed by atoms with van der Waals surface area (Å²) in [4.78, 5) is 0. The minimum absolute atomic E-state index is 0.704. The van der Waals surface area contributed by atoms with Crippen molar-refractivity contribution in [3.05, 3.63) is 0 Å². The van der Waals surface area contributed by atoms with Crippen molar-refractivity contribution in [1.82, 2.24) is 0 Å². The summed E-state index contributed by atoms with van der Waals surface area (Å²) >= 11 is 2.09. The molecule has 5 N–H and O–H groups in total. The predicted octanol–water partition coefficient (Wildman–Crippen LogP) is -3.76. The minimum atomic E-state index is -1.63. The maximum absolute atomic E-state index is 9.12. The molecule has 0 spiro atoms. The van der Waals surface area contributed by atoms with Crippen LogP contribution in [-0.4, -0.2) is 79.2 Å². The molecule has 0 aromatic carbocycles. The van der Waals surface area contributed by atoms with Gasteiger partial charge in [-0.1, -0.05) is 0 Å². The third kappa shape index (κ3) is 4.15. The van der Waals surface area contributed by atoms with Gasteiger partial charge in [-0.25, -0.2) is 0 Å². The molecule has 0 aliphatic carbocycles. The molecule has 0 heterocycles. The molecule has 0 fully saturated rings. The van der Waals surface area contributed by atoms with E-state index in [1.807, 2.05) is 0 Å². The first-order valence-electron chi connectivity index (χ1n) is 3.49. The van der Waals surface area contributed by atoms with Crippen LogP contribution in [-0.2, 0) is 3.51 Å². The van der Waals surface area contributed by atoms with E-state index in [9.17, 15) is 0 Å². The van der Waals surface area contributed by atoms with Crippen LogP contribution < -0.4 is 0 Å².